The molecule has 0 saturated carbocycles. The van der Waals surface area contributed by atoms with Crippen molar-refractivity contribution in [2.45, 2.75) is 20.0 Å². The van der Waals surface area contributed by atoms with Crippen molar-refractivity contribution >= 4 is 5.91 Å². The van der Waals surface area contributed by atoms with Crippen LogP contribution in [-0.2, 0) is 17.8 Å². The Bertz CT molecular complexity index is 632. The molecule has 2 aromatic heterocycles. The van der Waals surface area contributed by atoms with Crippen molar-refractivity contribution in [3.8, 4) is 0 Å². The number of hydrogen-bond acceptors (Lipinski definition) is 4. The molecule has 0 N–H and O–H groups in total. The smallest absolute Gasteiger partial charge is 0.289 e. The van der Waals surface area contributed by atoms with Crippen LogP contribution >= 0.6 is 0 Å². The molecule has 0 aliphatic carbocycles. The molecule has 1 aliphatic heterocycles. The third kappa shape index (κ3) is 2.85. The lowest BCUT2D eigenvalue weighted by Gasteiger charge is -2.22. The lowest BCUT2D eigenvalue weighted by molar-refractivity contribution is 0.0634. The Morgan fingerprint density at radius 3 is 3.05 bits per heavy atom. The monoisotopic (exact) mass is 289 g/mol. The minimum atomic E-state index is -0.0966. The summed E-state index contributed by atoms with van der Waals surface area (Å²) in [5, 5.41) is 0. The van der Waals surface area contributed by atoms with Crippen LogP contribution in [-0.4, -0.2) is 40.6 Å². The van der Waals surface area contributed by atoms with Gasteiger partial charge in [0.05, 0.1) is 13.2 Å². The van der Waals surface area contributed by atoms with Crippen molar-refractivity contribution < 1.29 is 13.9 Å². The zero-order chi connectivity index (χ0) is 14.8. The molecule has 0 bridgehead atoms. The van der Waals surface area contributed by atoms with E-state index in [0.717, 1.165) is 18.1 Å². The molecule has 0 spiro atoms. The van der Waals surface area contributed by atoms with Gasteiger partial charge in [-0.3, -0.25) is 4.79 Å². The Morgan fingerprint density at radius 2 is 2.33 bits per heavy atom. The summed E-state index contributed by atoms with van der Waals surface area (Å²) in [6.45, 7) is 4.38. The number of methoxy groups -OCH3 is 1. The molecule has 0 saturated heterocycles. The van der Waals surface area contributed by atoms with Crippen LogP contribution in [0.5, 0.6) is 0 Å². The van der Waals surface area contributed by atoms with E-state index < -0.39 is 0 Å². The van der Waals surface area contributed by atoms with E-state index in [1.807, 2.05) is 13.1 Å². The minimum Gasteiger partial charge on any atom is -0.456 e. The van der Waals surface area contributed by atoms with Gasteiger partial charge in [-0.25, -0.2) is 4.98 Å². The molecule has 0 radical (unpaired) electrons. The molecule has 1 aliphatic rings. The summed E-state index contributed by atoms with van der Waals surface area (Å²) >= 11 is 0. The fraction of sp³-hybridized carbons (Fsp3) is 0.467. The zero-order valence-corrected chi connectivity index (χ0v) is 12.3. The topological polar surface area (TPSA) is 60.5 Å². The van der Waals surface area contributed by atoms with Gasteiger partial charge in [0.1, 0.15) is 11.6 Å². The number of imidazole rings is 1. The molecule has 0 aromatic carbocycles. The Kier molecular flexibility index (Phi) is 3.79. The molecule has 6 heteroatoms. The Hall–Kier alpha value is -2.08. The van der Waals surface area contributed by atoms with Gasteiger partial charge in [0, 0.05) is 38.5 Å². The van der Waals surface area contributed by atoms with Crippen LogP contribution in [0.4, 0.5) is 0 Å². The number of carbonyl (C=O) groups is 1. The highest BCUT2D eigenvalue weighted by atomic mass is 16.5. The van der Waals surface area contributed by atoms with Gasteiger partial charge in [0.15, 0.2) is 5.76 Å². The van der Waals surface area contributed by atoms with Crippen LogP contribution in [0.3, 0.4) is 0 Å². The normalized spacial score (nSPS) is 18.4. The number of nitrogens with zero attached hydrogens (tertiary/aromatic N) is 3. The average Bonchev–Trinajstić information content (AvgIpc) is 3.04. The minimum absolute atomic E-state index is 0.0966. The first-order valence-corrected chi connectivity index (χ1v) is 7.02. The van der Waals surface area contributed by atoms with E-state index in [0.29, 0.717) is 25.5 Å². The van der Waals surface area contributed by atoms with Crippen LogP contribution in [0.25, 0.3) is 0 Å². The highest BCUT2D eigenvalue weighted by Crippen LogP contribution is 2.19. The predicted octanol–water partition coefficient (Wildman–Crippen LogP) is 1.70. The second kappa shape index (κ2) is 5.73. The number of aryl methyl sites for hydroxylation is 1. The van der Waals surface area contributed by atoms with Gasteiger partial charge in [0.25, 0.3) is 5.91 Å². The van der Waals surface area contributed by atoms with E-state index in [1.165, 1.54) is 0 Å². The van der Waals surface area contributed by atoms with Crippen molar-refractivity contribution in [1.29, 1.82) is 0 Å². The molecule has 1 atom stereocenters. The lowest BCUT2D eigenvalue weighted by Crippen LogP contribution is -2.35. The van der Waals surface area contributed by atoms with Crippen molar-refractivity contribution in [2.75, 3.05) is 20.3 Å². The highest BCUT2D eigenvalue weighted by molar-refractivity contribution is 5.91. The predicted molar refractivity (Wildman–Crippen MR) is 75.8 cm³/mol. The van der Waals surface area contributed by atoms with Gasteiger partial charge >= 0.3 is 0 Å². The van der Waals surface area contributed by atoms with Crippen molar-refractivity contribution in [2.24, 2.45) is 5.92 Å². The molecule has 2 aromatic rings. The molecule has 3 heterocycles. The van der Waals surface area contributed by atoms with E-state index >= 15 is 0 Å². The fourth-order valence-electron chi connectivity index (χ4n) is 2.74. The summed E-state index contributed by atoms with van der Waals surface area (Å²) in [5.41, 5.74) is 0. The molecule has 1 amide bonds. The molecular formula is C15H19N3O3. The third-order valence-electron chi connectivity index (χ3n) is 3.71. The first-order valence-electron chi connectivity index (χ1n) is 7.02. The maximum absolute atomic E-state index is 12.6. The van der Waals surface area contributed by atoms with Gasteiger partial charge < -0.3 is 18.6 Å². The fourth-order valence-corrected chi connectivity index (χ4v) is 2.74. The third-order valence-corrected chi connectivity index (χ3v) is 3.71. The van der Waals surface area contributed by atoms with Crippen LogP contribution < -0.4 is 0 Å². The number of ether oxygens (including phenoxy) is 1. The Balaban J connectivity index is 1.85. The summed E-state index contributed by atoms with van der Waals surface area (Å²) in [4.78, 5) is 18.7. The molecule has 112 valence electrons. The number of furan rings is 1. The maximum atomic E-state index is 12.6. The maximum Gasteiger partial charge on any atom is 0.289 e. The van der Waals surface area contributed by atoms with E-state index in [4.69, 9.17) is 9.15 Å². The summed E-state index contributed by atoms with van der Waals surface area (Å²) in [6.07, 6.45) is 3.72. The quantitative estimate of drug-likeness (QED) is 0.863. The SMILES string of the molecule is COC[C@@H]1CN(C(=O)c2ccc(C)o2)Cc2nccn2C1. The second-order valence-electron chi connectivity index (χ2n) is 5.41. The van der Waals surface area contributed by atoms with E-state index in [1.54, 1.807) is 30.3 Å². The number of fused-ring (bicyclic) bond motifs is 1. The first kappa shape index (κ1) is 13.9. The summed E-state index contributed by atoms with van der Waals surface area (Å²) < 4.78 is 12.8. The van der Waals surface area contributed by atoms with Crippen molar-refractivity contribution in [3.05, 3.63) is 41.9 Å². The molecule has 21 heavy (non-hydrogen) atoms. The summed E-state index contributed by atoms with van der Waals surface area (Å²) in [6, 6.07) is 3.53. The molecule has 0 unspecified atom stereocenters. The molecule has 3 rings (SSSR count). The van der Waals surface area contributed by atoms with Crippen LogP contribution in [0, 0.1) is 12.8 Å². The number of aromatic nitrogens is 2. The number of carbonyl (C=O) groups excluding carboxylic acids is 1. The Morgan fingerprint density at radius 1 is 1.48 bits per heavy atom. The van der Waals surface area contributed by atoms with Gasteiger partial charge in [-0.1, -0.05) is 0 Å². The standard InChI is InChI=1S/C15H19N3O3/c1-11-3-4-13(21-11)15(19)18-8-12(10-20-2)7-17-6-5-16-14(17)9-18/h3-6,12H,7-10H2,1-2H3/t12-/m0/s1. The van der Waals surface area contributed by atoms with Crippen LogP contribution in [0.1, 0.15) is 22.1 Å². The van der Waals surface area contributed by atoms with Crippen molar-refractivity contribution in [1.82, 2.24) is 14.5 Å². The summed E-state index contributed by atoms with van der Waals surface area (Å²) in [7, 11) is 1.68. The van der Waals surface area contributed by atoms with Crippen LogP contribution in [0.2, 0.25) is 0 Å². The van der Waals surface area contributed by atoms with Gasteiger partial charge in [-0.2, -0.15) is 0 Å². The van der Waals surface area contributed by atoms with Gasteiger partial charge in [-0.15, -0.1) is 0 Å². The Labute approximate surface area is 123 Å². The van der Waals surface area contributed by atoms with E-state index in [-0.39, 0.29) is 11.8 Å². The summed E-state index contributed by atoms with van der Waals surface area (Å²) in [5.74, 6) is 2.16. The number of amides is 1. The largest absolute Gasteiger partial charge is 0.456 e. The van der Waals surface area contributed by atoms with Gasteiger partial charge in [-0.05, 0) is 19.1 Å². The van der Waals surface area contributed by atoms with Gasteiger partial charge in [0.2, 0.25) is 0 Å². The zero-order valence-electron chi connectivity index (χ0n) is 12.3. The van der Waals surface area contributed by atoms with Crippen molar-refractivity contribution in [3.63, 3.8) is 0 Å². The van der Waals surface area contributed by atoms with E-state index in [2.05, 4.69) is 9.55 Å². The number of rotatable bonds is 3. The van der Waals surface area contributed by atoms with Crippen LogP contribution in [0.15, 0.2) is 28.9 Å². The second-order valence-corrected chi connectivity index (χ2v) is 5.41. The molecule has 6 nitrogen and oxygen atoms in total. The average molecular weight is 289 g/mol. The highest BCUT2D eigenvalue weighted by Gasteiger charge is 2.27. The lowest BCUT2D eigenvalue weighted by atomic mass is 10.1. The molecule has 0 fully saturated rings. The molecular weight excluding hydrogens is 270 g/mol. The van der Waals surface area contributed by atoms with E-state index in [9.17, 15) is 4.79 Å². The first-order chi connectivity index (χ1) is 10.2. The number of hydrogen-bond donors (Lipinski definition) is 0.